The van der Waals surface area contributed by atoms with E-state index < -0.39 is 0 Å². The second kappa shape index (κ2) is 10.8. The van der Waals surface area contributed by atoms with E-state index in [0.29, 0.717) is 6.42 Å². The summed E-state index contributed by atoms with van der Waals surface area (Å²) in [5, 5.41) is 12.5. The second-order valence-electron chi connectivity index (χ2n) is 9.76. The lowest BCUT2D eigenvalue weighted by atomic mass is 9.96. The van der Waals surface area contributed by atoms with E-state index in [9.17, 15) is 5.11 Å². The number of aromatic nitrogens is 1. The molecule has 1 heterocycles. The molecule has 1 aromatic heterocycles. The minimum atomic E-state index is 0.0889. The molecule has 0 saturated heterocycles. The normalized spacial score (nSPS) is 14.2. The van der Waals surface area contributed by atoms with Crippen LogP contribution in [-0.2, 0) is 11.5 Å². The van der Waals surface area contributed by atoms with Gasteiger partial charge in [-0.1, -0.05) is 78.4 Å². The van der Waals surface area contributed by atoms with E-state index in [1.165, 1.54) is 16.7 Å². The molecule has 5 aromatic rings. The van der Waals surface area contributed by atoms with E-state index in [1.807, 2.05) is 60.7 Å². The predicted molar refractivity (Wildman–Crippen MR) is 157 cm³/mol. The maximum absolute atomic E-state index is 11.4. The standard InChI is InChI=1S/C36H27NO2/c1-25(27-13-17-30(38)18-14-27)23-26-11-19-31(20-12-26)39-32-21-15-28(16-22-32)34-24-36(29-7-3-2-4-8-29)37-35-10-6-5-9-33(34)35/h3-13,15-22,24H,14,23H2,1H3. The number of ether oxygens (including phenoxy) is 1. The molecule has 0 amide bonds. The van der Waals surface area contributed by atoms with Crippen LogP contribution in [0.4, 0.5) is 0 Å². The zero-order valence-electron chi connectivity index (χ0n) is 21.7. The first kappa shape index (κ1) is 24.4. The Morgan fingerprint density at radius 2 is 1.56 bits per heavy atom. The summed E-state index contributed by atoms with van der Waals surface area (Å²) >= 11 is 0. The first-order chi connectivity index (χ1) is 19.1. The van der Waals surface area contributed by atoms with Gasteiger partial charge in [-0.25, -0.2) is 4.98 Å². The van der Waals surface area contributed by atoms with E-state index in [-0.39, 0.29) is 5.76 Å². The van der Waals surface area contributed by atoms with Gasteiger partial charge in [0.15, 0.2) is 5.76 Å². The van der Waals surface area contributed by atoms with E-state index in [2.05, 4.69) is 61.5 Å². The van der Waals surface area contributed by atoms with Crippen molar-refractivity contribution in [1.29, 1.82) is 0 Å². The van der Waals surface area contributed by atoms with Crippen molar-refractivity contribution < 1.29 is 9.84 Å². The lowest BCUT2D eigenvalue weighted by molar-refractivity contribution is 0.313. The predicted octanol–water partition coefficient (Wildman–Crippen LogP) is 9.29. The van der Waals surface area contributed by atoms with E-state index in [4.69, 9.17) is 9.72 Å². The molecule has 6 rings (SSSR count). The molecule has 0 fully saturated rings. The van der Waals surface area contributed by atoms with Crippen molar-refractivity contribution in [2.75, 3.05) is 0 Å². The fourth-order valence-electron chi connectivity index (χ4n) is 4.90. The Morgan fingerprint density at radius 1 is 0.846 bits per heavy atom. The first-order valence-electron chi connectivity index (χ1n) is 13.1. The summed E-state index contributed by atoms with van der Waals surface area (Å²) in [6.45, 7) is 2.13. The van der Waals surface area contributed by atoms with Crippen LogP contribution in [0.1, 0.15) is 18.9 Å². The summed E-state index contributed by atoms with van der Waals surface area (Å²) in [6.07, 6.45) is 6.87. The Labute approximate surface area is 229 Å². The van der Waals surface area contributed by atoms with E-state index in [0.717, 1.165) is 51.2 Å². The van der Waals surface area contributed by atoms with Gasteiger partial charge in [0, 0.05) is 10.9 Å². The van der Waals surface area contributed by atoms with E-state index in [1.54, 1.807) is 12.2 Å². The SMILES string of the molecule is CC(Cc1ccc(Oc2ccc(-c3cc(-c4cc[c]cc4)nc4ccccc34)cc2)cc1)=C1C=CC([O])=CC1. The first-order valence-corrected chi connectivity index (χ1v) is 13.1. The average molecular weight is 506 g/mol. The smallest absolute Gasteiger partial charge is 0.175 e. The van der Waals surface area contributed by atoms with Crippen LogP contribution in [0.3, 0.4) is 0 Å². The van der Waals surface area contributed by atoms with Gasteiger partial charge in [0.05, 0.1) is 11.2 Å². The van der Waals surface area contributed by atoms with E-state index >= 15 is 0 Å². The van der Waals surface area contributed by atoms with Gasteiger partial charge in [0.1, 0.15) is 11.5 Å². The molecule has 0 saturated carbocycles. The largest absolute Gasteiger partial charge is 0.457 e. The summed E-state index contributed by atoms with van der Waals surface area (Å²) in [7, 11) is 0. The van der Waals surface area contributed by atoms with Crippen molar-refractivity contribution in [2.24, 2.45) is 0 Å². The van der Waals surface area contributed by atoms with Crippen LogP contribution < -0.4 is 4.74 Å². The highest BCUT2D eigenvalue weighted by Crippen LogP contribution is 2.33. The summed E-state index contributed by atoms with van der Waals surface area (Å²) < 4.78 is 6.16. The van der Waals surface area contributed by atoms with Gasteiger partial charge < -0.3 is 4.74 Å². The maximum atomic E-state index is 11.4. The molecule has 39 heavy (non-hydrogen) atoms. The number of nitrogens with zero attached hydrogens (tertiary/aromatic N) is 1. The summed E-state index contributed by atoms with van der Waals surface area (Å²) in [5.41, 5.74) is 8.93. The van der Waals surface area contributed by atoms with Gasteiger partial charge in [-0.2, -0.15) is 0 Å². The summed E-state index contributed by atoms with van der Waals surface area (Å²) in [4.78, 5) is 4.90. The van der Waals surface area contributed by atoms with Crippen molar-refractivity contribution in [1.82, 2.24) is 4.98 Å². The molecule has 3 nitrogen and oxygen atoms in total. The molecule has 4 aromatic carbocycles. The minimum absolute atomic E-state index is 0.0889. The highest BCUT2D eigenvalue weighted by molar-refractivity contribution is 5.96. The third-order valence-electron chi connectivity index (χ3n) is 7.04. The Balaban J connectivity index is 1.20. The number of benzene rings is 4. The van der Waals surface area contributed by atoms with Crippen molar-refractivity contribution in [3.05, 3.63) is 150 Å². The van der Waals surface area contributed by atoms with Crippen molar-refractivity contribution in [3.8, 4) is 33.9 Å². The lowest BCUT2D eigenvalue weighted by Gasteiger charge is -2.12. The van der Waals surface area contributed by atoms with Gasteiger partial charge in [0.25, 0.3) is 0 Å². The molecular formula is C36H27NO2. The highest BCUT2D eigenvalue weighted by atomic mass is 16.5. The van der Waals surface area contributed by atoms with Gasteiger partial charge in [0.2, 0.25) is 0 Å². The maximum Gasteiger partial charge on any atom is 0.175 e. The molecule has 0 spiro atoms. The quantitative estimate of drug-likeness (QED) is 0.231. The molecule has 1 aliphatic rings. The molecule has 3 heteroatoms. The van der Waals surface area contributed by atoms with Crippen LogP contribution in [0, 0.1) is 6.07 Å². The Morgan fingerprint density at radius 3 is 2.28 bits per heavy atom. The van der Waals surface area contributed by atoms with Crippen LogP contribution in [-0.4, -0.2) is 4.98 Å². The molecule has 0 bridgehead atoms. The monoisotopic (exact) mass is 505 g/mol. The van der Waals surface area contributed by atoms with Gasteiger partial charge >= 0.3 is 0 Å². The third-order valence-corrected chi connectivity index (χ3v) is 7.04. The van der Waals surface area contributed by atoms with Crippen molar-refractivity contribution in [2.45, 2.75) is 19.8 Å². The van der Waals surface area contributed by atoms with Crippen LogP contribution >= 0.6 is 0 Å². The van der Waals surface area contributed by atoms with Gasteiger partial charge in [-0.15, -0.1) is 0 Å². The number of hydrogen-bond acceptors (Lipinski definition) is 2. The van der Waals surface area contributed by atoms with Crippen LogP contribution in [0.2, 0.25) is 0 Å². The molecule has 0 aliphatic heterocycles. The zero-order valence-corrected chi connectivity index (χ0v) is 21.7. The average Bonchev–Trinajstić information content (AvgIpc) is 2.99. The molecule has 0 N–H and O–H groups in total. The number of para-hydroxylation sites is 1. The highest BCUT2D eigenvalue weighted by Gasteiger charge is 2.10. The number of rotatable bonds is 6. The summed E-state index contributed by atoms with van der Waals surface area (Å²) in [6, 6.07) is 37.8. The fraction of sp³-hybridized carbons (Fsp3) is 0.0833. The number of pyridine rings is 1. The molecule has 0 atom stereocenters. The van der Waals surface area contributed by atoms with Crippen molar-refractivity contribution >= 4 is 10.9 Å². The minimum Gasteiger partial charge on any atom is -0.457 e. The molecular weight excluding hydrogens is 478 g/mol. The molecule has 2 radical (unpaired) electrons. The van der Waals surface area contributed by atoms with Crippen LogP contribution in [0.25, 0.3) is 33.3 Å². The number of hydrogen-bond donors (Lipinski definition) is 0. The molecule has 0 unspecified atom stereocenters. The van der Waals surface area contributed by atoms with Gasteiger partial charge in [-0.05, 0) is 96.6 Å². The fourth-order valence-corrected chi connectivity index (χ4v) is 4.90. The Hall–Kier alpha value is -4.89. The Kier molecular flexibility index (Phi) is 6.80. The number of fused-ring (bicyclic) bond motifs is 1. The second-order valence-corrected chi connectivity index (χ2v) is 9.76. The Bertz CT molecular complexity index is 1710. The lowest BCUT2D eigenvalue weighted by Crippen LogP contribution is -1.95. The molecule has 188 valence electrons. The van der Waals surface area contributed by atoms with Crippen LogP contribution in [0.5, 0.6) is 11.5 Å². The molecule has 1 aliphatic carbocycles. The topological polar surface area (TPSA) is 42.0 Å². The van der Waals surface area contributed by atoms with Crippen LogP contribution in [0.15, 0.2) is 138 Å². The third kappa shape index (κ3) is 5.53. The van der Waals surface area contributed by atoms with Gasteiger partial charge in [-0.3, -0.25) is 5.11 Å². The summed E-state index contributed by atoms with van der Waals surface area (Å²) in [5.74, 6) is 1.67. The zero-order chi connectivity index (χ0) is 26.6. The number of allylic oxidation sites excluding steroid dienone is 5. The van der Waals surface area contributed by atoms with Crippen molar-refractivity contribution in [3.63, 3.8) is 0 Å².